The Kier molecular flexibility index (Phi) is 4.38. The molecule has 0 aliphatic heterocycles. The Morgan fingerprint density at radius 2 is 2.00 bits per heavy atom. The highest BCUT2D eigenvalue weighted by molar-refractivity contribution is 9.10. The van der Waals surface area contributed by atoms with E-state index in [1.807, 2.05) is 32.9 Å². The van der Waals surface area contributed by atoms with Crippen molar-refractivity contribution in [1.29, 1.82) is 0 Å². The average molecular weight is 306 g/mol. The van der Waals surface area contributed by atoms with Crippen LogP contribution in [0.15, 0.2) is 22.7 Å². The van der Waals surface area contributed by atoms with Crippen LogP contribution in [0, 0.1) is 12.8 Å². The van der Waals surface area contributed by atoms with Crippen molar-refractivity contribution in [2.45, 2.75) is 20.8 Å². The molecule has 5 heteroatoms. The Balaban J connectivity index is 2.88. The van der Waals surface area contributed by atoms with Gasteiger partial charge in [-0.25, -0.2) is 8.42 Å². The minimum Gasteiger partial charge on any atom is -0.282 e. The summed E-state index contributed by atoms with van der Waals surface area (Å²) in [5.41, 5.74) is 1.67. The van der Waals surface area contributed by atoms with Crippen molar-refractivity contribution in [3.8, 4) is 0 Å². The summed E-state index contributed by atoms with van der Waals surface area (Å²) in [6.45, 7) is 5.71. The maximum Gasteiger partial charge on any atom is 0.233 e. The highest BCUT2D eigenvalue weighted by atomic mass is 79.9. The van der Waals surface area contributed by atoms with Gasteiger partial charge in [0.05, 0.1) is 11.4 Å². The van der Waals surface area contributed by atoms with Crippen molar-refractivity contribution in [3.05, 3.63) is 28.2 Å². The lowest BCUT2D eigenvalue weighted by atomic mass is 10.2. The van der Waals surface area contributed by atoms with Gasteiger partial charge in [0.15, 0.2) is 0 Å². The molecule has 1 rings (SSSR count). The Morgan fingerprint density at radius 3 is 2.50 bits per heavy atom. The molecule has 0 amide bonds. The molecule has 0 unspecified atom stereocenters. The number of sulfonamides is 1. The lowest BCUT2D eigenvalue weighted by Gasteiger charge is -2.11. The number of anilines is 1. The van der Waals surface area contributed by atoms with Crippen molar-refractivity contribution < 1.29 is 8.42 Å². The summed E-state index contributed by atoms with van der Waals surface area (Å²) in [5.74, 6) is 0.245. The first kappa shape index (κ1) is 13.5. The lowest BCUT2D eigenvalue weighted by Crippen LogP contribution is -2.20. The molecule has 1 aromatic rings. The van der Waals surface area contributed by atoms with Gasteiger partial charge in [-0.05, 0) is 46.5 Å². The SMILES string of the molecule is Cc1ccc(NS(=O)(=O)CC(C)C)c(Br)c1. The molecule has 3 nitrogen and oxygen atoms in total. The number of rotatable bonds is 4. The fourth-order valence-electron chi connectivity index (χ4n) is 1.35. The van der Waals surface area contributed by atoms with Crippen LogP contribution >= 0.6 is 15.9 Å². The van der Waals surface area contributed by atoms with Gasteiger partial charge in [-0.1, -0.05) is 19.9 Å². The predicted molar refractivity (Wildman–Crippen MR) is 71.1 cm³/mol. The number of hydrogen-bond acceptors (Lipinski definition) is 2. The molecule has 0 aliphatic rings. The van der Waals surface area contributed by atoms with E-state index in [1.165, 1.54) is 0 Å². The second kappa shape index (κ2) is 5.19. The molecule has 0 saturated carbocycles. The maximum absolute atomic E-state index is 11.7. The summed E-state index contributed by atoms with van der Waals surface area (Å²) in [5, 5.41) is 0. The molecule has 0 spiro atoms. The highest BCUT2D eigenvalue weighted by Gasteiger charge is 2.14. The Bertz CT molecular complexity index is 469. The second-order valence-corrected chi connectivity index (χ2v) is 6.88. The molecule has 0 radical (unpaired) electrons. The summed E-state index contributed by atoms with van der Waals surface area (Å²) in [6, 6.07) is 5.52. The van der Waals surface area contributed by atoms with E-state index in [9.17, 15) is 8.42 Å². The molecule has 0 aromatic heterocycles. The summed E-state index contributed by atoms with van der Waals surface area (Å²) in [6.07, 6.45) is 0. The van der Waals surface area contributed by atoms with Crippen LogP contribution in [0.4, 0.5) is 5.69 Å². The van der Waals surface area contributed by atoms with E-state index in [0.29, 0.717) is 5.69 Å². The predicted octanol–water partition coefficient (Wildman–Crippen LogP) is 3.16. The average Bonchev–Trinajstić information content (AvgIpc) is 2.07. The van der Waals surface area contributed by atoms with Gasteiger partial charge < -0.3 is 0 Å². The van der Waals surface area contributed by atoms with Crippen LogP contribution in [-0.2, 0) is 10.0 Å². The van der Waals surface area contributed by atoms with Gasteiger partial charge in [-0.15, -0.1) is 0 Å². The lowest BCUT2D eigenvalue weighted by molar-refractivity contribution is 0.587. The first-order valence-electron chi connectivity index (χ1n) is 5.07. The van der Waals surface area contributed by atoms with E-state index in [1.54, 1.807) is 6.07 Å². The Hall–Kier alpha value is -0.550. The number of hydrogen-bond donors (Lipinski definition) is 1. The number of aryl methyl sites for hydroxylation is 1. The third kappa shape index (κ3) is 4.14. The van der Waals surface area contributed by atoms with E-state index in [-0.39, 0.29) is 11.7 Å². The highest BCUT2D eigenvalue weighted by Crippen LogP contribution is 2.24. The van der Waals surface area contributed by atoms with Crippen LogP contribution in [0.1, 0.15) is 19.4 Å². The zero-order valence-electron chi connectivity index (χ0n) is 9.62. The molecular formula is C11H16BrNO2S. The van der Waals surface area contributed by atoms with Crippen LogP contribution in [0.5, 0.6) is 0 Å². The normalized spacial score (nSPS) is 11.8. The zero-order valence-corrected chi connectivity index (χ0v) is 12.0. The second-order valence-electron chi connectivity index (χ2n) is 4.26. The maximum atomic E-state index is 11.7. The van der Waals surface area contributed by atoms with Crippen molar-refractivity contribution in [3.63, 3.8) is 0 Å². The van der Waals surface area contributed by atoms with Crippen molar-refractivity contribution in [2.24, 2.45) is 5.92 Å². The molecule has 0 saturated heterocycles. The minimum absolute atomic E-state index is 0.113. The first-order chi connectivity index (χ1) is 7.30. The van der Waals surface area contributed by atoms with Gasteiger partial charge in [0.2, 0.25) is 10.0 Å². The van der Waals surface area contributed by atoms with Gasteiger partial charge in [-0.3, -0.25) is 4.72 Å². The summed E-state index contributed by atoms with van der Waals surface area (Å²) in [7, 11) is -3.25. The quantitative estimate of drug-likeness (QED) is 0.929. The summed E-state index contributed by atoms with van der Waals surface area (Å²) in [4.78, 5) is 0. The smallest absolute Gasteiger partial charge is 0.233 e. The van der Waals surface area contributed by atoms with Crippen molar-refractivity contribution >= 4 is 31.6 Å². The molecular weight excluding hydrogens is 290 g/mol. The Labute approximate surface area is 105 Å². The van der Waals surface area contributed by atoms with E-state index < -0.39 is 10.0 Å². The number of nitrogens with one attached hydrogen (secondary N) is 1. The van der Waals surface area contributed by atoms with Crippen molar-refractivity contribution in [2.75, 3.05) is 10.5 Å². The molecule has 1 N–H and O–H groups in total. The molecule has 0 heterocycles. The standard InChI is InChI=1S/C11H16BrNO2S/c1-8(2)7-16(14,15)13-11-5-4-9(3)6-10(11)12/h4-6,8,13H,7H2,1-3H3. The van der Waals surface area contributed by atoms with Gasteiger partial charge in [0.25, 0.3) is 0 Å². The number of halogens is 1. The third-order valence-corrected chi connectivity index (χ3v) is 4.24. The van der Waals surface area contributed by atoms with E-state index in [4.69, 9.17) is 0 Å². The van der Waals surface area contributed by atoms with E-state index >= 15 is 0 Å². The monoisotopic (exact) mass is 305 g/mol. The van der Waals surface area contributed by atoms with Gasteiger partial charge in [0, 0.05) is 4.47 Å². The van der Waals surface area contributed by atoms with Gasteiger partial charge in [-0.2, -0.15) is 0 Å². The summed E-state index contributed by atoms with van der Waals surface area (Å²) < 4.78 is 26.8. The minimum atomic E-state index is -3.25. The Morgan fingerprint density at radius 1 is 1.38 bits per heavy atom. The van der Waals surface area contributed by atoms with Crippen LogP contribution in [0.25, 0.3) is 0 Å². The van der Waals surface area contributed by atoms with Crippen LogP contribution in [0.2, 0.25) is 0 Å². The van der Waals surface area contributed by atoms with E-state index in [2.05, 4.69) is 20.7 Å². The fraction of sp³-hybridized carbons (Fsp3) is 0.455. The zero-order chi connectivity index (χ0) is 12.3. The molecule has 90 valence electrons. The first-order valence-corrected chi connectivity index (χ1v) is 7.51. The molecule has 0 aliphatic carbocycles. The topological polar surface area (TPSA) is 46.2 Å². The van der Waals surface area contributed by atoms with E-state index in [0.717, 1.165) is 10.0 Å². The third-order valence-electron chi connectivity index (χ3n) is 1.94. The van der Waals surface area contributed by atoms with Crippen LogP contribution in [0.3, 0.4) is 0 Å². The van der Waals surface area contributed by atoms with Crippen molar-refractivity contribution in [1.82, 2.24) is 0 Å². The van der Waals surface area contributed by atoms with Crippen LogP contribution in [-0.4, -0.2) is 14.2 Å². The molecule has 1 aromatic carbocycles. The van der Waals surface area contributed by atoms with Crippen LogP contribution < -0.4 is 4.72 Å². The molecule has 0 atom stereocenters. The van der Waals surface area contributed by atoms with Gasteiger partial charge >= 0.3 is 0 Å². The fourth-order valence-corrected chi connectivity index (χ4v) is 3.55. The largest absolute Gasteiger partial charge is 0.282 e. The molecule has 0 bridgehead atoms. The number of benzene rings is 1. The molecule has 0 fully saturated rings. The van der Waals surface area contributed by atoms with Gasteiger partial charge in [0.1, 0.15) is 0 Å². The molecule has 16 heavy (non-hydrogen) atoms. The summed E-state index contributed by atoms with van der Waals surface area (Å²) >= 11 is 3.34.